The zero-order valence-electron chi connectivity index (χ0n) is 10.2. The number of likely N-dealkylation sites (N-methyl/N-ethyl adjacent to an activating group) is 1. The average molecular weight is 219 g/mol. The molecule has 4 heteroatoms. The van der Waals surface area contributed by atoms with E-state index in [1.165, 1.54) is 0 Å². The monoisotopic (exact) mass is 219 g/mol. The zero-order valence-corrected chi connectivity index (χ0v) is 10.2. The van der Waals surface area contributed by atoms with Crippen LogP contribution < -0.4 is 4.90 Å². The fourth-order valence-corrected chi connectivity index (χ4v) is 1.46. The highest BCUT2D eigenvalue weighted by atomic mass is 16.5. The van der Waals surface area contributed by atoms with E-state index in [0.717, 1.165) is 5.69 Å². The number of pyridine rings is 1. The van der Waals surface area contributed by atoms with E-state index in [1.807, 2.05) is 31.9 Å². The van der Waals surface area contributed by atoms with Gasteiger partial charge in [0.2, 0.25) is 0 Å². The van der Waals surface area contributed by atoms with Crippen LogP contribution in [0.25, 0.3) is 0 Å². The van der Waals surface area contributed by atoms with E-state index in [0.29, 0.717) is 18.0 Å². The summed E-state index contributed by atoms with van der Waals surface area (Å²) in [7, 11) is 3.59. The van der Waals surface area contributed by atoms with Gasteiger partial charge in [0.05, 0.1) is 18.2 Å². The Labute approximate surface area is 96.5 Å². The summed E-state index contributed by atoms with van der Waals surface area (Å²) < 4.78 is 5.10. The quantitative estimate of drug-likeness (QED) is 0.773. The minimum absolute atomic E-state index is 0.186. The van der Waals surface area contributed by atoms with Gasteiger partial charge in [-0.15, -0.1) is 0 Å². The van der Waals surface area contributed by atoms with Crippen molar-refractivity contribution in [3.05, 3.63) is 23.4 Å². The molecule has 0 bridgehead atoms. The fraction of sp³-hybridized carbons (Fsp3) is 0.500. The number of nitriles is 1. The van der Waals surface area contributed by atoms with Crippen molar-refractivity contribution in [2.45, 2.75) is 19.9 Å². The van der Waals surface area contributed by atoms with Gasteiger partial charge in [-0.3, -0.25) is 0 Å². The topological polar surface area (TPSA) is 49.1 Å². The molecule has 0 aliphatic carbocycles. The summed E-state index contributed by atoms with van der Waals surface area (Å²) in [5.74, 6) is 0.715. The molecule has 16 heavy (non-hydrogen) atoms. The van der Waals surface area contributed by atoms with E-state index in [1.54, 1.807) is 13.2 Å². The van der Waals surface area contributed by atoms with Crippen molar-refractivity contribution >= 4 is 5.82 Å². The number of ether oxygens (including phenoxy) is 1. The van der Waals surface area contributed by atoms with E-state index in [2.05, 4.69) is 11.1 Å². The van der Waals surface area contributed by atoms with Crippen LogP contribution in [0.15, 0.2) is 12.1 Å². The van der Waals surface area contributed by atoms with Crippen LogP contribution in [-0.2, 0) is 4.74 Å². The van der Waals surface area contributed by atoms with Gasteiger partial charge in [0, 0.05) is 19.9 Å². The van der Waals surface area contributed by atoms with Crippen LogP contribution in [0.4, 0.5) is 5.82 Å². The van der Waals surface area contributed by atoms with E-state index >= 15 is 0 Å². The molecule has 0 fully saturated rings. The SMILES string of the molecule is COCC(C)N(C)c1nc(C)ccc1C#N. The van der Waals surface area contributed by atoms with Crippen LogP contribution >= 0.6 is 0 Å². The molecular weight excluding hydrogens is 202 g/mol. The van der Waals surface area contributed by atoms with Gasteiger partial charge in [-0.25, -0.2) is 4.98 Å². The molecule has 1 rings (SSSR count). The molecule has 1 atom stereocenters. The van der Waals surface area contributed by atoms with Gasteiger partial charge in [-0.05, 0) is 26.0 Å². The highest BCUT2D eigenvalue weighted by Crippen LogP contribution is 2.18. The summed E-state index contributed by atoms with van der Waals surface area (Å²) >= 11 is 0. The van der Waals surface area contributed by atoms with Gasteiger partial charge in [-0.2, -0.15) is 5.26 Å². The molecule has 0 radical (unpaired) electrons. The molecule has 4 nitrogen and oxygen atoms in total. The Hall–Kier alpha value is -1.60. The Morgan fingerprint density at radius 2 is 2.25 bits per heavy atom. The number of aromatic nitrogens is 1. The van der Waals surface area contributed by atoms with Crippen LogP contribution in [0.2, 0.25) is 0 Å². The van der Waals surface area contributed by atoms with Crippen molar-refractivity contribution in [3.63, 3.8) is 0 Å². The minimum atomic E-state index is 0.186. The number of hydrogen-bond acceptors (Lipinski definition) is 4. The maximum atomic E-state index is 9.02. The van der Waals surface area contributed by atoms with Crippen molar-refractivity contribution in [1.29, 1.82) is 5.26 Å². The fourth-order valence-electron chi connectivity index (χ4n) is 1.46. The third kappa shape index (κ3) is 2.71. The van der Waals surface area contributed by atoms with Crippen molar-refractivity contribution in [2.24, 2.45) is 0 Å². The standard InChI is InChI=1S/C12H17N3O/c1-9-5-6-11(7-13)12(14-9)15(3)10(2)8-16-4/h5-6,10H,8H2,1-4H3. The van der Waals surface area contributed by atoms with Crippen molar-refractivity contribution in [1.82, 2.24) is 4.98 Å². The summed E-state index contributed by atoms with van der Waals surface area (Å²) in [4.78, 5) is 6.36. The highest BCUT2D eigenvalue weighted by molar-refractivity contribution is 5.54. The van der Waals surface area contributed by atoms with Gasteiger partial charge in [-0.1, -0.05) is 0 Å². The number of methoxy groups -OCH3 is 1. The predicted molar refractivity (Wildman–Crippen MR) is 63.4 cm³/mol. The highest BCUT2D eigenvalue weighted by Gasteiger charge is 2.14. The Kier molecular flexibility index (Phi) is 4.27. The average Bonchev–Trinajstić information content (AvgIpc) is 2.28. The molecule has 0 amide bonds. The number of hydrogen-bond donors (Lipinski definition) is 0. The Bertz CT molecular complexity index is 398. The molecule has 1 unspecified atom stereocenters. The largest absolute Gasteiger partial charge is 0.383 e. The first-order valence-corrected chi connectivity index (χ1v) is 5.19. The minimum Gasteiger partial charge on any atom is -0.383 e. The third-order valence-corrected chi connectivity index (χ3v) is 2.54. The molecule has 0 aliphatic rings. The summed E-state index contributed by atoms with van der Waals surface area (Å²) in [6.45, 7) is 4.56. The molecular formula is C12H17N3O. The molecule has 1 aromatic heterocycles. The van der Waals surface area contributed by atoms with E-state index < -0.39 is 0 Å². The van der Waals surface area contributed by atoms with E-state index in [4.69, 9.17) is 10.00 Å². The summed E-state index contributed by atoms with van der Waals surface area (Å²) in [5.41, 5.74) is 1.50. The molecule has 1 aromatic rings. The first kappa shape index (κ1) is 12.5. The first-order valence-electron chi connectivity index (χ1n) is 5.19. The Balaban J connectivity index is 3.02. The molecule has 0 saturated carbocycles. The second-order valence-electron chi connectivity index (χ2n) is 3.85. The maximum absolute atomic E-state index is 9.02. The van der Waals surface area contributed by atoms with Crippen LogP contribution in [0.5, 0.6) is 0 Å². The molecule has 0 N–H and O–H groups in total. The number of anilines is 1. The van der Waals surface area contributed by atoms with Crippen molar-refractivity contribution in [3.8, 4) is 6.07 Å². The predicted octanol–water partition coefficient (Wildman–Crippen LogP) is 1.73. The van der Waals surface area contributed by atoms with Gasteiger partial charge in [0.15, 0.2) is 0 Å². The Morgan fingerprint density at radius 3 is 2.81 bits per heavy atom. The second kappa shape index (κ2) is 5.47. The lowest BCUT2D eigenvalue weighted by Gasteiger charge is -2.26. The maximum Gasteiger partial charge on any atom is 0.146 e. The van der Waals surface area contributed by atoms with Crippen LogP contribution in [0.3, 0.4) is 0 Å². The molecule has 0 saturated heterocycles. The second-order valence-corrected chi connectivity index (χ2v) is 3.85. The van der Waals surface area contributed by atoms with Crippen LogP contribution in [0, 0.1) is 18.3 Å². The van der Waals surface area contributed by atoms with Crippen LogP contribution in [0.1, 0.15) is 18.2 Å². The summed E-state index contributed by atoms with van der Waals surface area (Å²) in [5, 5.41) is 9.02. The lowest BCUT2D eigenvalue weighted by molar-refractivity contribution is 0.183. The van der Waals surface area contributed by atoms with E-state index in [-0.39, 0.29) is 6.04 Å². The van der Waals surface area contributed by atoms with Gasteiger partial charge < -0.3 is 9.64 Å². The molecule has 86 valence electrons. The van der Waals surface area contributed by atoms with E-state index in [9.17, 15) is 0 Å². The zero-order chi connectivity index (χ0) is 12.1. The normalized spacial score (nSPS) is 11.9. The number of rotatable bonds is 4. The molecule has 0 spiro atoms. The lowest BCUT2D eigenvalue weighted by Crippen LogP contribution is -2.33. The van der Waals surface area contributed by atoms with Crippen LogP contribution in [-0.4, -0.2) is 31.8 Å². The Morgan fingerprint density at radius 1 is 1.56 bits per heavy atom. The summed E-state index contributed by atoms with van der Waals surface area (Å²) in [6, 6.07) is 5.99. The molecule has 1 heterocycles. The van der Waals surface area contributed by atoms with Gasteiger partial charge >= 0.3 is 0 Å². The number of nitrogens with zero attached hydrogens (tertiary/aromatic N) is 3. The molecule has 0 aliphatic heterocycles. The van der Waals surface area contributed by atoms with Gasteiger partial charge in [0.25, 0.3) is 0 Å². The summed E-state index contributed by atoms with van der Waals surface area (Å²) in [6.07, 6.45) is 0. The van der Waals surface area contributed by atoms with Crippen molar-refractivity contribution < 1.29 is 4.74 Å². The third-order valence-electron chi connectivity index (χ3n) is 2.54. The first-order chi connectivity index (χ1) is 7.60. The number of aryl methyl sites for hydroxylation is 1. The molecule has 0 aromatic carbocycles. The lowest BCUT2D eigenvalue weighted by atomic mass is 10.2. The van der Waals surface area contributed by atoms with Crippen molar-refractivity contribution in [2.75, 3.05) is 25.7 Å². The smallest absolute Gasteiger partial charge is 0.146 e. The van der Waals surface area contributed by atoms with Gasteiger partial charge in [0.1, 0.15) is 11.9 Å².